The summed E-state index contributed by atoms with van der Waals surface area (Å²) in [6.07, 6.45) is 1.16. The van der Waals surface area contributed by atoms with Gasteiger partial charge < -0.3 is 5.11 Å². The van der Waals surface area contributed by atoms with Gasteiger partial charge in [0, 0.05) is 7.11 Å². The van der Waals surface area contributed by atoms with Crippen molar-refractivity contribution >= 4 is 0 Å². The lowest BCUT2D eigenvalue weighted by atomic mass is 9.88. The molecule has 0 heterocycles. The van der Waals surface area contributed by atoms with Crippen LogP contribution in [0.5, 0.6) is 0 Å². The van der Waals surface area contributed by atoms with Crippen molar-refractivity contribution in [3.8, 4) is 0 Å². The van der Waals surface area contributed by atoms with Gasteiger partial charge in [-0.25, -0.2) is 0 Å². The van der Waals surface area contributed by atoms with Gasteiger partial charge in [0.25, 0.3) is 0 Å². The van der Waals surface area contributed by atoms with E-state index in [4.69, 9.17) is 5.11 Å². The zero-order chi connectivity index (χ0) is 10.3. The molecule has 0 atom stereocenters. The van der Waals surface area contributed by atoms with Crippen LogP contribution in [0.25, 0.3) is 0 Å². The van der Waals surface area contributed by atoms with Crippen molar-refractivity contribution in [2.45, 2.75) is 27.2 Å². The third kappa shape index (κ3) is 6.35. The van der Waals surface area contributed by atoms with Crippen LogP contribution < -0.4 is 0 Å². The SMILES string of the molecule is CC(C)(C)Cc1ccccc1.CO. The minimum absolute atomic E-state index is 0.404. The maximum atomic E-state index is 7.00. The Balaban J connectivity index is 0.000000671. The van der Waals surface area contributed by atoms with Gasteiger partial charge in [-0.1, -0.05) is 51.1 Å². The highest BCUT2D eigenvalue weighted by molar-refractivity contribution is 5.15. The lowest BCUT2D eigenvalue weighted by molar-refractivity contribution is 0.399. The molecule has 1 heteroatoms. The van der Waals surface area contributed by atoms with E-state index in [2.05, 4.69) is 51.1 Å². The third-order valence-electron chi connectivity index (χ3n) is 1.58. The zero-order valence-electron chi connectivity index (χ0n) is 9.04. The monoisotopic (exact) mass is 180 g/mol. The molecule has 0 amide bonds. The summed E-state index contributed by atoms with van der Waals surface area (Å²) < 4.78 is 0. The molecule has 1 aromatic rings. The summed E-state index contributed by atoms with van der Waals surface area (Å²) in [5.74, 6) is 0. The van der Waals surface area contributed by atoms with Crippen LogP contribution in [0.1, 0.15) is 26.3 Å². The van der Waals surface area contributed by atoms with E-state index in [1.165, 1.54) is 5.56 Å². The van der Waals surface area contributed by atoms with Crippen LogP contribution in [0.3, 0.4) is 0 Å². The minimum atomic E-state index is 0.404. The Morgan fingerprint density at radius 2 is 1.46 bits per heavy atom. The first-order valence-corrected chi connectivity index (χ1v) is 4.57. The Morgan fingerprint density at radius 3 is 1.85 bits per heavy atom. The van der Waals surface area contributed by atoms with Gasteiger partial charge >= 0.3 is 0 Å². The van der Waals surface area contributed by atoms with Crippen molar-refractivity contribution in [2.75, 3.05) is 7.11 Å². The summed E-state index contributed by atoms with van der Waals surface area (Å²) in [6.45, 7) is 6.79. The average molecular weight is 180 g/mol. The molecule has 0 aliphatic carbocycles. The highest BCUT2D eigenvalue weighted by Crippen LogP contribution is 2.19. The minimum Gasteiger partial charge on any atom is -0.400 e. The van der Waals surface area contributed by atoms with Crippen molar-refractivity contribution in [3.63, 3.8) is 0 Å². The van der Waals surface area contributed by atoms with Gasteiger partial charge in [0.2, 0.25) is 0 Å². The van der Waals surface area contributed by atoms with Crippen LogP contribution in [0.15, 0.2) is 30.3 Å². The fourth-order valence-corrected chi connectivity index (χ4v) is 1.21. The van der Waals surface area contributed by atoms with E-state index >= 15 is 0 Å². The molecule has 0 saturated carbocycles. The summed E-state index contributed by atoms with van der Waals surface area (Å²) >= 11 is 0. The second kappa shape index (κ2) is 5.76. The maximum Gasteiger partial charge on any atom is 0.0319 e. The van der Waals surface area contributed by atoms with Crippen molar-refractivity contribution in [1.82, 2.24) is 0 Å². The molecule has 0 aliphatic rings. The lowest BCUT2D eigenvalue weighted by Gasteiger charge is -2.17. The number of benzene rings is 1. The molecule has 0 unspecified atom stereocenters. The van der Waals surface area contributed by atoms with E-state index in [0.717, 1.165) is 13.5 Å². The largest absolute Gasteiger partial charge is 0.400 e. The first-order valence-electron chi connectivity index (χ1n) is 4.57. The molecule has 0 saturated heterocycles. The second-order valence-electron chi connectivity index (χ2n) is 4.22. The topological polar surface area (TPSA) is 20.2 Å². The van der Waals surface area contributed by atoms with Crippen molar-refractivity contribution in [1.29, 1.82) is 0 Å². The van der Waals surface area contributed by atoms with Crippen molar-refractivity contribution in [2.24, 2.45) is 5.41 Å². The summed E-state index contributed by atoms with van der Waals surface area (Å²) in [4.78, 5) is 0. The molecule has 0 radical (unpaired) electrons. The number of aliphatic hydroxyl groups excluding tert-OH is 1. The summed E-state index contributed by atoms with van der Waals surface area (Å²) in [6, 6.07) is 10.6. The Bertz CT molecular complexity index is 208. The number of hydrogen-bond acceptors (Lipinski definition) is 1. The molecule has 74 valence electrons. The smallest absolute Gasteiger partial charge is 0.0319 e. The Labute approximate surface area is 81.4 Å². The van der Waals surface area contributed by atoms with E-state index in [1.54, 1.807) is 0 Å². The highest BCUT2D eigenvalue weighted by atomic mass is 16.2. The molecular weight excluding hydrogens is 160 g/mol. The van der Waals surface area contributed by atoms with E-state index < -0.39 is 0 Å². The van der Waals surface area contributed by atoms with Gasteiger partial charge in [0.15, 0.2) is 0 Å². The molecule has 1 aromatic carbocycles. The molecule has 1 rings (SSSR count). The molecule has 0 aliphatic heterocycles. The fourth-order valence-electron chi connectivity index (χ4n) is 1.21. The normalized spacial score (nSPS) is 10.2. The number of aliphatic hydroxyl groups is 1. The molecule has 1 N–H and O–H groups in total. The predicted octanol–water partition coefficient (Wildman–Crippen LogP) is 2.88. The van der Waals surface area contributed by atoms with Crippen LogP contribution in [-0.4, -0.2) is 12.2 Å². The molecule has 0 aromatic heterocycles. The van der Waals surface area contributed by atoms with Gasteiger partial charge in [0.1, 0.15) is 0 Å². The van der Waals surface area contributed by atoms with Gasteiger partial charge in [-0.3, -0.25) is 0 Å². The van der Waals surface area contributed by atoms with Gasteiger partial charge in [-0.15, -0.1) is 0 Å². The van der Waals surface area contributed by atoms with E-state index in [9.17, 15) is 0 Å². The average Bonchev–Trinajstić information content (AvgIpc) is 2.07. The fraction of sp³-hybridized carbons (Fsp3) is 0.500. The Hall–Kier alpha value is -0.820. The van der Waals surface area contributed by atoms with Gasteiger partial charge in [-0.2, -0.15) is 0 Å². The lowest BCUT2D eigenvalue weighted by Crippen LogP contribution is -2.08. The Morgan fingerprint density at radius 1 is 1.00 bits per heavy atom. The van der Waals surface area contributed by atoms with Crippen molar-refractivity contribution < 1.29 is 5.11 Å². The number of hydrogen-bond donors (Lipinski definition) is 1. The van der Waals surface area contributed by atoms with Crippen molar-refractivity contribution in [3.05, 3.63) is 35.9 Å². The second-order valence-corrected chi connectivity index (χ2v) is 4.22. The van der Waals surface area contributed by atoms with E-state index in [-0.39, 0.29) is 0 Å². The molecule has 1 nitrogen and oxygen atoms in total. The summed E-state index contributed by atoms with van der Waals surface area (Å²) in [7, 11) is 1.00. The zero-order valence-corrected chi connectivity index (χ0v) is 9.04. The van der Waals surface area contributed by atoms with Crippen LogP contribution in [0, 0.1) is 5.41 Å². The third-order valence-corrected chi connectivity index (χ3v) is 1.58. The molecular formula is C12H20O. The summed E-state index contributed by atoms with van der Waals surface area (Å²) in [5, 5.41) is 7.00. The standard InChI is InChI=1S/C11H16.CH4O/c1-11(2,3)9-10-7-5-4-6-8-10;1-2/h4-8H,9H2,1-3H3;2H,1H3. The molecule has 0 bridgehead atoms. The van der Waals surface area contributed by atoms with Crippen LogP contribution >= 0.6 is 0 Å². The first-order chi connectivity index (χ1) is 6.08. The molecule has 0 fully saturated rings. The molecule has 13 heavy (non-hydrogen) atoms. The molecule has 0 spiro atoms. The highest BCUT2D eigenvalue weighted by Gasteiger charge is 2.09. The quantitative estimate of drug-likeness (QED) is 0.704. The maximum absolute atomic E-state index is 7.00. The van der Waals surface area contributed by atoms with Gasteiger partial charge in [0.05, 0.1) is 0 Å². The summed E-state index contributed by atoms with van der Waals surface area (Å²) in [5.41, 5.74) is 1.83. The first kappa shape index (κ1) is 12.2. The van der Waals surface area contributed by atoms with E-state index in [0.29, 0.717) is 5.41 Å². The van der Waals surface area contributed by atoms with Crippen LogP contribution in [0.2, 0.25) is 0 Å². The van der Waals surface area contributed by atoms with Gasteiger partial charge in [-0.05, 0) is 17.4 Å². The Kier molecular flexibility index (Phi) is 5.40. The van der Waals surface area contributed by atoms with Crippen LogP contribution in [-0.2, 0) is 6.42 Å². The predicted molar refractivity (Wildman–Crippen MR) is 57.7 cm³/mol. The van der Waals surface area contributed by atoms with Crippen LogP contribution in [0.4, 0.5) is 0 Å². The van der Waals surface area contributed by atoms with E-state index in [1.807, 2.05) is 0 Å². The number of rotatable bonds is 1.